The van der Waals surface area contributed by atoms with Crippen molar-refractivity contribution >= 4 is 13.7 Å². The molecule has 0 saturated carbocycles. The Bertz CT molecular complexity index is 1300. The molecule has 2 N–H and O–H groups in total. The van der Waals surface area contributed by atoms with Crippen LogP contribution in [-0.2, 0) is 18.4 Å². The van der Waals surface area contributed by atoms with E-state index in [9.17, 15) is 19.4 Å². The van der Waals surface area contributed by atoms with Gasteiger partial charge < -0.3 is 28.8 Å². The van der Waals surface area contributed by atoms with Crippen molar-refractivity contribution in [3.63, 3.8) is 0 Å². The number of aliphatic hydroxyl groups is 1. The maximum atomic E-state index is 12.9. The van der Waals surface area contributed by atoms with Crippen LogP contribution in [0, 0.1) is 0 Å². The van der Waals surface area contributed by atoms with Crippen molar-refractivity contribution in [1.29, 1.82) is 0 Å². The fourth-order valence-electron chi connectivity index (χ4n) is 7.71. The highest BCUT2D eigenvalue weighted by molar-refractivity contribution is 7.45. The number of nitrogens with zero attached hydrogens (tertiary/aromatic N) is 1. The highest BCUT2D eigenvalue weighted by Gasteiger charge is 2.24. The molecule has 0 aliphatic rings. The average molecular weight is 945 g/mol. The number of amides is 1. The molecule has 0 aromatic rings. The molecule has 66 heavy (non-hydrogen) atoms. The first-order chi connectivity index (χ1) is 32.0. The van der Waals surface area contributed by atoms with Gasteiger partial charge in [-0.25, -0.2) is 0 Å². The number of likely N-dealkylation sites (N-methyl/N-ethyl adjacent to an activating group) is 1. The SMILES string of the molecule is CC/C=C\C/C=C\C/C=C\C/C=C\C/C=C\C/C=C\CCC(=O)NC(COP(=O)([O-])OCC[N+](C)(C)C)C(O)CCCCCCCCCCCCCCCCCCCCCCCCCCC. The van der Waals surface area contributed by atoms with Gasteiger partial charge in [-0.3, -0.25) is 9.36 Å². The molecule has 0 heterocycles. The molecule has 0 spiro atoms. The van der Waals surface area contributed by atoms with Crippen LogP contribution in [0.15, 0.2) is 72.9 Å². The van der Waals surface area contributed by atoms with Crippen molar-refractivity contribution in [3.05, 3.63) is 72.9 Å². The van der Waals surface area contributed by atoms with Crippen molar-refractivity contribution in [1.82, 2.24) is 5.32 Å². The minimum Gasteiger partial charge on any atom is -0.756 e. The number of hydrogen-bond donors (Lipinski definition) is 2. The zero-order valence-corrected chi connectivity index (χ0v) is 44.5. The summed E-state index contributed by atoms with van der Waals surface area (Å²) in [5.74, 6) is -0.247. The second-order valence-electron chi connectivity index (χ2n) is 19.6. The lowest BCUT2D eigenvalue weighted by atomic mass is 10.0. The number of phosphoric ester groups is 1. The molecule has 8 nitrogen and oxygen atoms in total. The van der Waals surface area contributed by atoms with Crippen LogP contribution < -0.4 is 10.2 Å². The van der Waals surface area contributed by atoms with E-state index in [1.165, 1.54) is 141 Å². The Balaban J connectivity index is 4.29. The number of aliphatic hydroxyl groups excluding tert-OH is 1. The number of carbonyl (C=O) groups is 1. The fourth-order valence-corrected chi connectivity index (χ4v) is 8.43. The first-order valence-electron chi connectivity index (χ1n) is 27.3. The van der Waals surface area contributed by atoms with Gasteiger partial charge in [0.2, 0.25) is 5.91 Å². The summed E-state index contributed by atoms with van der Waals surface area (Å²) >= 11 is 0. The van der Waals surface area contributed by atoms with Crippen molar-refractivity contribution < 1.29 is 32.9 Å². The van der Waals surface area contributed by atoms with Gasteiger partial charge in [-0.15, -0.1) is 0 Å². The zero-order chi connectivity index (χ0) is 48.5. The fraction of sp³-hybridized carbons (Fsp3) is 0.772. The topological polar surface area (TPSA) is 108 Å². The third kappa shape index (κ3) is 49.8. The molecule has 0 radical (unpaired) electrons. The number of unbranched alkanes of at least 4 members (excludes halogenated alkanes) is 24. The summed E-state index contributed by atoms with van der Waals surface area (Å²) in [4.78, 5) is 25.4. The summed E-state index contributed by atoms with van der Waals surface area (Å²) in [5, 5.41) is 13.9. The minimum absolute atomic E-state index is 0.00459. The van der Waals surface area contributed by atoms with Crippen LogP contribution in [0.4, 0.5) is 0 Å². The first kappa shape index (κ1) is 63.9. The van der Waals surface area contributed by atoms with Gasteiger partial charge in [0.25, 0.3) is 7.82 Å². The predicted molar refractivity (Wildman–Crippen MR) is 284 cm³/mol. The molecule has 9 heteroatoms. The maximum Gasteiger partial charge on any atom is 0.268 e. The molecule has 1 amide bonds. The summed E-state index contributed by atoms with van der Waals surface area (Å²) in [5.41, 5.74) is 0. The van der Waals surface area contributed by atoms with Crippen molar-refractivity contribution in [2.45, 2.75) is 244 Å². The number of carbonyl (C=O) groups excluding carboxylic acids is 1. The van der Waals surface area contributed by atoms with Gasteiger partial charge >= 0.3 is 0 Å². The molecule has 0 aliphatic heterocycles. The lowest BCUT2D eigenvalue weighted by molar-refractivity contribution is -0.870. The summed E-state index contributed by atoms with van der Waals surface area (Å²) in [7, 11) is 1.25. The molecular formula is C57H105N2O6P. The van der Waals surface area contributed by atoms with Crippen LogP contribution in [0.3, 0.4) is 0 Å². The van der Waals surface area contributed by atoms with E-state index in [1.807, 2.05) is 33.3 Å². The second kappa shape index (κ2) is 48.0. The lowest BCUT2D eigenvalue weighted by Gasteiger charge is -2.30. The largest absolute Gasteiger partial charge is 0.756 e. The van der Waals surface area contributed by atoms with E-state index in [1.54, 1.807) is 0 Å². The molecule has 0 aromatic heterocycles. The van der Waals surface area contributed by atoms with E-state index in [4.69, 9.17) is 9.05 Å². The first-order valence-corrected chi connectivity index (χ1v) is 28.7. The minimum atomic E-state index is -4.60. The van der Waals surface area contributed by atoms with Gasteiger partial charge in [-0.1, -0.05) is 247 Å². The van der Waals surface area contributed by atoms with Crippen LogP contribution in [0.25, 0.3) is 0 Å². The van der Waals surface area contributed by atoms with Crippen LogP contribution in [0.1, 0.15) is 232 Å². The average Bonchev–Trinajstić information content (AvgIpc) is 3.28. The van der Waals surface area contributed by atoms with E-state index in [0.717, 1.165) is 57.8 Å². The predicted octanol–water partition coefficient (Wildman–Crippen LogP) is 15.7. The van der Waals surface area contributed by atoms with Crippen LogP contribution >= 0.6 is 7.82 Å². The Morgan fingerprint density at radius 1 is 0.545 bits per heavy atom. The number of quaternary nitrogens is 1. The van der Waals surface area contributed by atoms with Crippen molar-refractivity contribution in [2.75, 3.05) is 40.9 Å². The third-order valence-corrected chi connectivity index (χ3v) is 12.9. The van der Waals surface area contributed by atoms with E-state index < -0.39 is 20.0 Å². The van der Waals surface area contributed by atoms with Crippen LogP contribution in [-0.4, -0.2) is 68.5 Å². The molecule has 0 aromatic carbocycles. The van der Waals surface area contributed by atoms with Gasteiger partial charge in [0.15, 0.2) is 0 Å². The molecule has 3 atom stereocenters. The van der Waals surface area contributed by atoms with Crippen LogP contribution in [0.5, 0.6) is 0 Å². The van der Waals surface area contributed by atoms with Gasteiger partial charge in [-0.2, -0.15) is 0 Å². The Morgan fingerprint density at radius 2 is 0.894 bits per heavy atom. The molecule has 0 bridgehead atoms. The number of rotatable bonds is 49. The van der Waals surface area contributed by atoms with E-state index in [0.29, 0.717) is 23.9 Å². The Morgan fingerprint density at radius 3 is 1.26 bits per heavy atom. The van der Waals surface area contributed by atoms with E-state index in [-0.39, 0.29) is 25.5 Å². The van der Waals surface area contributed by atoms with Gasteiger partial charge in [-0.05, 0) is 51.4 Å². The molecule has 0 aliphatic carbocycles. The molecule has 0 saturated heterocycles. The third-order valence-electron chi connectivity index (χ3n) is 12.0. The lowest BCUT2D eigenvalue weighted by Crippen LogP contribution is -2.46. The molecule has 0 fully saturated rings. The monoisotopic (exact) mass is 945 g/mol. The molecular weight excluding hydrogens is 840 g/mol. The van der Waals surface area contributed by atoms with E-state index >= 15 is 0 Å². The number of hydrogen-bond acceptors (Lipinski definition) is 6. The molecule has 384 valence electrons. The van der Waals surface area contributed by atoms with Gasteiger partial charge in [0.1, 0.15) is 13.2 Å². The molecule has 0 rings (SSSR count). The number of allylic oxidation sites excluding steroid dienone is 12. The van der Waals surface area contributed by atoms with Gasteiger partial charge in [0.05, 0.1) is 39.9 Å². The Labute approximate surface area is 408 Å². The summed E-state index contributed by atoms with van der Waals surface area (Å²) in [6, 6.07) is -0.846. The summed E-state index contributed by atoms with van der Waals surface area (Å²) in [6.07, 6.45) is 65.2. The summed E-state index contributed by atoms with van der Waals surface area (Å²) in [6.45, 7) is 4.56. The highest BCUT2D eigenvalue weighted by atomic mass is 31.2. The Kier molecular flexibility index (Phi) is 46.5. The Hall–Kier alpha value is -2.06. The number of phosphoric acid groups is 1. The highest BCUT2D eigenvalue weighted by Crippen LogP contribution is 2.38. The van der Waals surface area contributed by atoms with Crippen molar-refractivity contribution in [2.24, 2.45) is 0 Å². The quantitative estimate of drug-likeness (QED) is 0.0272. The smallest absolute Gasteiger partial charge is 0.268 e. The van der Waals surface area contributed by atoms with Gasteiger partial charge in [0, 0.05) is 6.42 Å². The molecule has 3 unspecified atom stereocenters. The van der Waals surface area contributed by atoms with Crippen LogP contribution in [0.2, 0.25) is 0 Å². The maximum absolute atomic E-state index is 12.9. The number of nitrogens with one attached hydrogen (secondary N) is 1. The second-order valence-corrected chi connectivity index (χ2v) is 21.0. The zero-order valence-electron chi connectivity index (χ0n) is 43.6. The summed E-state index contributed by atoms with van der Waals surface area (Å²) < 4.78 is 23.3. The standard InChI is InChI=1S/C57H105N2O6P/c1-6-8-10-12-14-16-18-20-22-24-26-27-28-29-30-31-33-34-36-38-40-42-44-46-48-50-56(60)55(54-65-66(62,63)64-53-52-59(3,4)5)58-57(61)51-49-47-45-43-41-39-37-35-32-25-23-21-19-17-15-13-11-9-7-2/h9,11,15,17,21,23,32,35,39,41,45,47,55-56,60H,6-8,10,12-14,16,18-20,22,24-31,33-34,36-38,40,42-44,46,48-54H2,1-5H3,(H-,58,61,62,63)/b11-9-,17-15-,23-21-,35-32-,41-39-,47-45-. The van der Waals surface area contributed by atoms with E-state index in [2.05, 4.69) is 79.9 Å². The van der Waals surface area contributed by atoms with Crippen molar-refractivity contribution in [3.8, 4) is 0 Å². The normalized spacial score (nSPS) is 14.6.